The Morgan fingerprint density at radius 1 is 1.13 bits per heavy atom. The molecule has 0 atom stereocenters. The van der Waals surface area contributed by atoms with Gasteiger partial charge in [0.2, 0.25) is 5.91 Å². The van der Waals surface area contributed by atoms with Crippen molar-refractivity contribution in [3.05, 3.63) is 76.5 Å². The minimum absolute atomic E-state index is 0.0998. The Kier molecular flexibility index (Phi) is 6.84. The predicted octanol–water partition coefficient (Wildman–Crippen LogP) is 3.64. The van der Waals surface area contributed by atoms with Crippen molar-refractivity contribution in [2.24, 2.45) is 0 Å². The van der Waals surface area contributed by atoms with E-state index in [1.54, 1.807) is 23.5 Å². The number of morpholine rings is 1. The summed E-state index contributed by atoms with van der Waals surface area (Å²) >= 11 is 1.55. The van der Waals surface area contributed by atoms with Crippen LogP contribution < -0.4 is 5.32 Å². The summed E-state index contributed by atoms with van der Waals surface area (Å²) in [6, 6.07) is 14.5. The minimum atomic E-state index is -0.283. The lowest BCUT2D eigenvalue weighted by molar-refractivity contribution is -0.120. The second-order valence-corrected chi connectivity index (χ2v) is 8.17. The highest BCUT2D eigenvalue weighted by atomic mass is 32.1. The van der Waals surface area contributed by atoms with Crippen LogP contribution in [0.1, 0.15) is 16.8 Å². The smallest absolute Gasteiger partial charge is 0.226 e. The highest BCUT2D eigenvalue weighted by molar-refractivity contribution is 7.13. The lowest BCUT2D eigenvalue weighted by Crippen LogP contribution is -2.35. The van der Waals surface area contributed by atoms with Crippen LogP contribution in [0.15, 0.2) is 53.9 Å². The molecular weight excluding hydrogens is 401 g/mol. The maximum absolute atomic E-state index is 13.0. The summed E-state index contributed by atoms with van der Waals surface area (Å²) in [6.07, 6.45) is 0.227. The standard InChI is InChI=1S/C23H24FN3O2S/c24-20-6-4-17(5-7-20)14-25-22(28)13-21-16-30-23(26-21)19-3-1-2-18(12-19)15-27-8-10-29-11-9-27/h1-7,12,16H,8-11,13-15H2,(H,25,28). The Balaban J connectivity index is 1.33. The van der Waals surface area contributed by atoms with Crippen molar-refractivity contribution in [1.82, 2.24) is 15.2 Å². The van der Waals surface area contributed by atoms with Crippen LogP contribution in [0.2, 0.25) is 0 Å². The van der Waals surface area contributed by atoms with Gasteiger partial charge < -0.3 is 10.1 Å². The fourth-order valence-electron chi connectivity index (χ4n) is 3.37. The number of rotatable bonds is 7. The first-order valence-electron chi connectivity index (χ1n) is 10.0. The van der Waals surface area contributed by atoms with Crippen LogP contribution in [0.4, 0.5) is 4.39 Å². The summed E-state index contributed by atoms with van der Waals surface area (Å²) in [7, 11) is 0. The van der Waals surface area contributed by atoms with E-state index in [2.05, 4.69) is 39.5 Å². The zero-order valence-electron chi connectivity index (χ0n) is 16.6. The van der Waals surface area contributed by atoms with Crippen LogP contribution in [-0.4, -0.2) is 42.1 Å². The molecule has 1 aromatic heterocycles. The summed E-state index contributed by atoms with van der Waals surface area (Å²) in [5, 5.41) is 5.71. The molecule has 0 saturated carbocycles. The zero-order valence-corrected chi connectivity index (χ0v) is 17.5. The molecule has 0 spiro atoms. The maximum Gasteiger partial charge on any atom is 0.226 e. The Hall–Kier alpha value is -2.61. The van der Waals surface area contributed by atoms with Gasteiger partial charge in [-0.15, -0.1) is 11.3 Å². The van der Waals surface area contributed by atoms with Crippen molar-refractivity contribution in [2.45, 2.75) is 19.5 Å². The number of carbonyl (C=O) groups excluding carboxylic acids is 1. The van der Waals surface area contributed by atoms with E-state index in [9.17, 15) is 9.18 Å². The molecule has 0 radical (unpaired) electrons. The summed E-state index contributed by atoms with van der Waals surface area (Å²) in [5.74, 6) is -0.383. The minimum Gasteiger partial charge on any atom is -0.379 e. The van der Waals surface area contributed by atoms with E-state index in [0.717, 1.165) is 54.7 Å². The van der Waals surface area contributed by atoms with Crippen LogP contribution in [-0.2, 0) is 29.0 Å². The lowest BCUT2D eigenvalue weighted by Gasteiger charge is -2.26. The van der Waals surface area contributed by atoms with Gasteiger partial charge in [0.05, 0.1) is 25.3 Å². The number of thiazole rings is 1. The number of amides is 1. The fourth-order valence-corrected chi connectivity index (χ4v) is 4.19. The van der Waals surface area contributed by atoms with Crippen molar-refractivity contribution in [3.8, 4) is 10.6 Å². The molecule has 1 aliphatic rings. The molecule has 0 unspecified atom stereocenters. The summed E-state index contributed by atoms with van der Waals surface area (Å²) in [4.78, 5) is 19.3. The molecule has 2 aromatic carbocycles. The first-order valence-corrected chi connectivity index (χ1v) is 10.9. The molecule has 30 heavy (non-hydrogen) atoms. The molecule has 1 saturated heterocycles. The number of nitrogens with zero attached hydrogens (tertiary/aromatic N) is 2. The van der Waals surface area contributed by atoms with Gasteiger partial charge >= 0.3 is 0 Å². The lowest BCUT2D eigenvalue weighted by atomic mass is 10.1. The zero-order chi connectivity index (χ0) is 20.8. The maximum atomic E-state index is 13.0. The predicted molar refractivity (Wildman–Crippen MR) is 116 cm³/mol. The van der Waals surface area contributed by atoms with Gasteiger partial charge in [-0.05, 0) is 29.3 Å². The second kappa shape index (κ2) is 9.93. The summed E-state index contributed by atoms with van der Waals surface area (Å²) in [6.45, 7) is 4.77. The number of halogens is 1. The van der Waals surface area contributed by atoms with Crippen molar-refractivity contribution < 1.29 is 13.9 Å². The molecule has 1 aliphatic heterocycles. The molecule has 1 N–H and O–H groups in total. The molecule has 2 heterocycles. The molecule has 4 rings (SSSR count). The van der Waals surface area contributed by atoms with E-state index in [0.29, 0.717) is 6.54 Å². The van der Waals surface area contributed by atoms with Crippen molar-refractivity contribution >= 4 is 17.2 Å². The summed E-state index contributed by atoms with van der Waals surface area (Å²) < 4.78 is 18.4. The number of hydrogen-bond donors (Lipinski definition) is 1. The van der Waals surface area contributed by atoms with E-state index in [1.807, 2.05) is 5.38 Å². The van der Waals surface area contributed by atoms with Crippen molar-refractivity contribution in [3.63, 3.8) is 0 Å². The van der Waals surface area contributed by atoms with E-state index >= 15 is 0 Å². The van der Waals surface area contributed by atoms with Gasteiger partial charge in [-0.2, -0.15) is 0 Å². The van der Waals surface area contributed by atoms with Crippen LogP contribution in [0, 0.1) is 5.82 Å². The quantitative estimate of drug-likeness (QED) is 0.628. The van der Waals surface area contributed by atoms with Crippen LogP contribution >= 0.6 is 11.3 Å². The largest absolute Gasteiger partial charge is 0.379 e. The molecule has 5 nitrogen and oxygen atoms in total. The molecular formula is C23H24FN3O2S. The van der Waals surface area contributed by atoms with Crippen LogP contribution in [0.3, 0.4) is 0 Å². The third-order valence-electron chi connectivity index (χ3n) is 4.98. The average Bonchev–Trinajstić information content (AvgIpc) is 3.23. The van der Waals surface area contributed by atoms with Crippen molar-refractivity contribution in [1.29, 1.82) is 0 Å². The third kappa shape index (κ3) is 5.72. The van der Waals surface area contributed by atoms with Gasteiger partial charge in [-0.1, -0.05) is 30.3 Å². The number of ether oxygens (including phenoxy) is 1. The first-order chi connectivity index (χ1) is 14.7. The van der Waals surface area contributed by atoms with Crippen LogP contribution in [0.5, 0.6) is 0 Å². The van der Waals surface area contributed by atoms with E-state index < -0.39 is 0 Å². The van der Waals surface area contributed by atoms with Gasteiger partial charge in [0, 0.05) is 37.1 Å². The van der Waals surface area contributed by atoms with Gasteiger partial charge in [0.15, 0.2) is 0 Å². The molecule has 3 aromatic rings. The SMILES string of the molecule is O=C(Cc1csc(-c2cccc(CN3CCOCC3)c2)n1)NCc1ccc(F)cc1. The molecule has 7 heteroatoms. The number of carbonyl (C=O) groups is 1. The van der Waals surface area contributed by atoms with Crippen molar-refractivity contribution in [2.75, 3.05) is 26.3 Å². The number of nitrogens with one attached hydrogen (secondary N) is 1. The van der Waals surface area contributed by atoms with Gasteiger partial charge in [0.1, 0.15) is 10.8 Å². The van der Waals surface area contributed by atoms with E-state index in [1.165, 1.54) is 17.7 Å². The van der Waals surface area contributed by atoms with Crippen LogP contribution in [0.25, 0.3) is 10.6 Å². The highest BCUT2D eigenvalue weighted by Gasteiger charge is 2.13. The number of hydrogen-bond acceptors (Lipinski definition) is 5. The first kappa shape index (κ1) is 20.7. The second-order valence-electron chi connectivity index (χ2n) is 7.31. The molecule has 156 valence electrons. The number of aromatic nitrogens is 1. The average molecular weight is 426 g/mol. The monoisotopic (exact) mass is 425 g/mol. The number of benzene rings is 2. The molecule has 1 amide bonds. The molecule has 1 fully saturated rings. The van der Waals surface area contributed by atoms with Gasteiger partial charge in [0.25, 0.3) is 0 Å². The Morgan fingerprint density at radius 3 is 2.73 bits per heavy atom. The fraction of sp³-hybridized carbons (Fsp3) is 0.304. The van der Waals surface area contributed by atoms with E-state index in [-0.39, 0.29) is 18.1 Å². The summed E-state index contributed by atoms with van der Waals surface area (Å²) in [5.41, 5.74) is 3.94. The van der Waals surface area contributed by atoms with E-state index in [4.69, 9.17) is 4.74 Å². The molecule has 0 bridgehead atoms. The Labute approximate surface area is 179 Å². The Morgan fingerprint density at radius 2 is 1.93 bits per heavy atom. The topological polar surface area (TPSA) is 54.5 Å². The third-order valence-corrected chi connectivity index (χ3v) is 5.92. The van der Waals surface area contributed by atoms with Gasteiger partial charge in [-0.3, -0.25) is 9.69 Å². The highest BCUT2D eigenvalue weighted by Crippen LogP contribution is 2.25. The normalized spacial score (nSPS) is 14.6. The van der Waals surface area contributed by atoms with Gasteiger partial charge in [-0.25, -0.2) is 9.37 Å². The Bertz CT molecular complexity index is 984. The molecule has 0 aliphatic carbocycles.